The molecule has 9 heteroatoms. The molecule has 0 saturated carbocycles. The van der Waals surface area contributed by atoms with Gasteiger partial charge in [-0.25, -0.2) is 0 Å². The van der Waals surface area contributed by atoms with E-state index in [1.165, 1.54) is 10.5 Å². The summed E-state index contributed by atoms with van der Waals surface area (Å²) in [7, 11) is 0. The Balaban J connectivity index is 1.47. The van der Waals surface area contributed by atoms with Crippen LogP contribution in [0.3, 0.4) is 0 Å². The Labute approximate surface area is 238 Å². The molecule has 3 aromatic carbocycles. The van der Waals surface area contributed by atoms with Crippen molar-refractivity contribution < 1.29 is 19.1 Å². The minimum absolute atomic E-state index is 0.255. The average Bonchev–Trinajstić information content (AvgIpc) is 3.13. The second-order valence-corrected chi connectivity index (χ2v) is 10.9. The van der Waals surface area contributed by atoms with Crippen LogP contribution in [0.15, 0.2) is 70.0 Å². The first-order valence-electron chi connectivity index (χ1n) is 11.7. The molecule has 4 rings (SSSR count). The van der Waals surface area contributed by atoms with Crippen molar-refractivity contribution in [1.29, 1.82) is 0 Å². The van der Waals surface area contributed by atoms with Crippen LogP contribution in [0.2, 0.25) is 10.0 Å². The lowest BCUT2D eigenvalue weighted by Crippen LogP contribution is -2.29. The summed E-state index contributed by atoms with van der Waals surface area (Å²) in [6.45, 7) is 2.95. The highest BCUT2D eigenvalue weighted by Gasteiger charge is 2.34. The number of benzene rings is 3. The largest absolute Gasteiger partial charge is 0.490 e. The first-order chi connectivity index (χ1) is 17.9. The molecule has 0 unspecified atom stereocenters. The molecule has 0 N–H and O–H groups in total. The number of carbonyl (C=O) groups excluding carboxylic acids is 2. The molecule has 192 valence electrons. The van der Waals surface area contributed by atoms with Crippen LogP contribution in [-0.4, -0.2) is 29.2 Å². The summed E-state index contributed by atoms with van der Waals surface area (Å²) >= 11 is 16.6. The van der Waals surface area contributed by atoms with Crippen LogP contribution in [0, 0.1) is 0 Å². The van der Waals surface area contributed by atoms with E-state index in [4.69, 9.17) is 32.7 Å². The fourth-order valence-electron chi connectivity index (χ4n) is 3.79. The summed E-state index contributed by atoms with van der Waals surface area (Å²) < 4.78 is 12.5. The molecule has 1 heterocycles. The van der Waals surface area contributed by atoms with E-state index < -0.39 is 0 Å². The van der Waals surface area contributed by atoms with Crippen LogP contribution in [0.4, 0.5) is 4.79 Å². The van der Waals surface area contributed by atoms with Gasteiger partial charge in [0.1, 0.15) is 6.61 Å². The molecule has 0 atom stereocenters. The SMILES string of the molecule is CCOc1cc(/C=C2/SC(=O)N(CCCc3ccccc3)C2=O)cc(Br)c1OCc1ccc(Cl)c(Cl)c1. The average molecular weight is 621 g/mol. The summed E-state index contributed by atoms with van der Waals surface area (Å²) in [5.74, 6) is 0.765. The maximum atomic E-state index is 13.0. The molecule has 2 amide bonds. The van der Waals surface area contributed by atoms with E-state index in [-0.39, 0.29) is 17.8 Å². The third-order valence-electron chi connectivity index (χ3n) is 5.56. The van der Waals surface area contributed by atoms with E-state index in [0.717, 1.165) is 23.7 Å². The summed E-state index contributed by atoms with van der Waals surface area (Å²) in [5, 5.41) is 0.678. The monoisotopic (exact) mass is 619 g/mol. The van der Waals surface area contributed by atoms with E-state index in [9.17, 15) is 9.59 Å². The minimum atomic E-state index is -0.280. The second kappa shape index (κ2) is 12.9. The number of halogens is 3. The zero-order valence-corrected chi connectivity index (χ0v) is 23.9. The number of hydrogen-bond donors (Lipinski definition) is 0. The lowest BCUT2D eigenvalue weighted by molar-refractivity contribution is -0.122. The molecule has 3 aromatic rings. The number of carbonyl (C=O) groups is 2. The van der Waals surface area contributed by atoms with Gasteiger partial charge in [-0.2, -0.15) is 0 Å². The molecule has 37 heavy (non-hydrogen) atoms. The maximum absolute atomic E-state index is 13.0. The highest BCUT2D eigenvalue weighted by molar-refractivity contribution is 9.10. The van der Waals surface area contributed by atoms with Gasteiger partial charge in [0.2, 0.25) is 0 Å². The number of hydrogen-bond acceptors (Lipinski definition) is 5. The van der Waals surface area contributed by atoms with Crippen LogP contribution < -0.4 is 9.47 Å². The molecule has 1 fully saturated rings. The Morgan fingerprint density at radius 1 is 0.973 bits per heavy atom. The van der Waals surface area contributed by atoms with Gasteiger partial charge in [0.05, 0.1) is 26.0 Å². The fourth-order valence-corrected chi connectivity index (χ4v) is 5.55. The van der Waals surface area contributed by atoms with Crippen molar-refractivity contribution in [3.05, 3.63) is 96.8 Å². The number of amides is 2. The third kappa shape index (κ3) is 7.11. The Hall–Kier alpha value is -2.45. The van der Waals surface area contributed by atoms with Crippen molar-refractivity contribution in [2.45, 2.75) is 26.4 Å². The van der Waals surface area contributed by atoms with Crippen LogP contribution in [-0.2, 0) is 17.8 Å². The third-order valence-corrected chi connectivity index (χ3v) is 7.80. The predicted molar refractivity (Wildman–Crippen MR) is 154 cm³/mol. The summed E-state index contributed by atoms with van der Waals surface area (Å²) in [6.07, 6.45) is 3.22. The van der Waals surface area contributed by atoms with Crippen LogP contribution in [0.25, 0.3) is 6.08 Å². The fraction of sp³-hybridized carbons (Fsp3) is 0.214. The first kappa shape index (κ1) is 27.6. The van der Waals surface area contributed by atoms with Crippen molar-refractivity contribution in [2.24, 2.45) is 0 Å². The highest BCUT2D eigenvalue weighted by Crippen LogP contribution is 2.40. The van der Waals surface area contributed by atoms with Crippen LogP contribution >= 0.6 is 50.9 Å². The van der Waals surface area contributed by atoms with Crippen molar-refractivity contribution in [3.8, 4) is 11.5 Å². The zero-order valence-electron chi connectivity index (χ0n) is 20.0. The van der Waals surface area contributed by atoms with E-state index in [1.54, 1.807) is 24.3 Å². The number of nitrogens with zero attached hydrogens (tertiary/aromatic N) is 1. The Kier molecular flexibility index (Phi) is 9.60. The van der Waals surface area contributed by atoms with E-state index in [1.807, 2.05) is 49.4 Å². The van der Waals surface area contributed by atoms with Gasteiger partial charge >= 0.3 is 0 Å². The Morgan fingerprint density at radius 3 is 2.49 bits per heavy atom. The van der Waals surface area contributed by atoms with Crippen molar-refractivity contribution in [2.75, 3.05) is 13.2 Å². The molecule has 0 aromatic heterocycles. The summed E-state index contributed by atoms with van der Waals surface area (Å²) in [6, 6.07) is 19.0. The van der Waals surface area contributed by atoms with Gasteiger partial charge in [0, 0.05) is 6.54 Å². The van der Waals surface area contributed by atoms with Crippen molar-refractivity contribution in [3.63, 3.8) is 0 Å². The standard InChI is InChI=1S/C28H24BrCl2NO4S/c1-2-35-24-15-20(13-21(29)26(24)36-17-19-10-11-22(30)23(31)14-19)16-25-27(33)32(28(34)37-25)12-6-9-18-7-4-3-5-8-18/h3-5,7-8,10-11,13-16H,2,6,9,12,17H2,1H3/b25-16+. The quantitative estimate of drug-likeness (QED) is 0.213. The summed E-state index contributed by atoms with van der Waals surface area (Å²) in [5.41, 5.74) is 2.75. The van der Waals surface area contributed by atoms with Gasteiger partial charge in [-0.05, 0) is 94.5 Å². The normalized spacial score (nSPS) is 14.5. The molecule has 1 aliphatic rings. The van der Waals surface area contributed by atoms with E-state index in [2.05, 4.69) is 15.9 Å². The van der Waals surface area contributed by atoms with Crippen molar-refractivity contribution >= 4 is 68.1 Å². The number of imide groups is 1. The maximum Gasteiger partial charge on any atom is 0.293 e. The molecule has 0 bridgehead atoms. The van der Waals surface area contributed by atoms with E-state index in [0.29, 0.717) is 56.1 Å². The number of thioether (sulfide) groups is 1. The predicted octanol–water partition coefficient (Wildman–Crippen LogP) is 8.40. The number of rotatable bonds is 10. The molecule has 0 spiro atoms. The topological polar surface area (TPSA) is 55.8 Å². The molecule has 0 radical (unpaired) electrons. The lowest BCUT2D eigenvalue weighted by Gasteiger charge is -2.15. The highest BCUT2D eigenvalue weighted by atomic mass is 79.9. The smallest absolute Gasteiger partial charge is 0.293 e. The number of aryl methyl sites for hydroxylation is 1. The molecular formula is C28H24BrCl2NO4S. The molecule has 1 saturated heterocycles. The Bertz CT molecular complexity index is 1330. The molecular weight excluding hydrogens is 597 g/mol. The molecule has 0 aliphatic carbocycles. The summed E-state index contributed by atoms with van der Waals surface area (Å²) in [4.78, 5) is 27.2. The first-order valence-corrected chi connectivity index (χ1v) is 14.0. The van der Waals surface area contributed by atoms with Gasteiger partial charge in [0.25, 0.3) is 11.1 Å². The minimum Gasteiger partial charge on any atom is -0.490 e. The van der Waals surface area contributed by atoms with Gasteiger partial charge in [0.15, 0.2) is 11.5 Å². The molecule has 1 aliphatic heterocycles. The van der Waals surface area contributed by atoms with Gasteiger partial charge in [-0.1, -0.05) is 59.6 Å². The van der Waals surface area contributed by atoms with Gasteiger partial charge in [-0.15, -0.1) is 0 Å². The second-order valence-electron chi connectivity index (χ2n) is 8.22. The number of ether oxygens (including phenoxy) is 2. The van der Waals surface area contributed by atoms with Crippen LogP contribution in [0.1, 0.15) is 30.0 Å². The van der Waals surface area contributed by atoms with Crippen LogP contribution in [0.5, 0.6) is 11.5 Å². The van der Waals surface area contributed by atoms with Gasteiger partial charge in [-0.3, -0.25) is 14.5 Å². The van der Waals surface area contributed by atoms with Gasteiger partial charge < -0.3 is 9.47 Å². The lowest BCUT2D eigenvalue weighted by atomic mass is 10.1. The van der Waals surface area contributed by atoms with E-state index >= 15 is 0 Å². The molecule has 5 nitrogen and oxygen atoms in total. The Morgan fingerprint density at radius 2 is 1.76 bits per heavy atom. The zero-order chi connectivity index (χ0) is 26.4. The van der Waals surface area contributed by atoms with Crippen molar-refractivity contribution in [1.82, 2.24) is 4.90 Å².